The summed E-state index contributed by atoms with van der Waals surface area (Å²) < 4.78 is 13.2. The van der Waals surface area contributed by atoms with Crippen LogP contribution in [0.25, 0.3) is 0 Å². The van der Waals surface area contributed by atoms with Gasteiger partial charge in [-0.15, -0.1) is 0 Å². The fraction of sp³-hybridized carbons (Fsp3) is 0.167. The molecule has 4 N–H and O–H groups in total. The molecule has 0 radical (unpaired) electrons. The van der Waals surface area contributed by atoms with Crippen LogP contribution in [-0.2, 0) is 6.54 Å². The summed E-state index contributed by atoms with van der Waals surface area (Å²) in [5.41, 5.74) is 5.99. The van der Waals surface area contributed by atoms with E-state index in [2.05, 4.69) is 15.3 Å². The molecule has 0 aliphatic rings. The van der Waals surface area contributed by atoms with Crippen LogP contribution in [0.4, 0.5) is 10.2 Å². The maximum absolute atomic E-state index is 13.2. The largest absolute Gasteiger partial charge is 0.383 e. The highest BCUT2D eigenvalue weighted by Crippen LogP contribution is 2.28. The highest BCUT2D eigenvalue weighted by molar-refractivity contribution is 7.99. The van der Waals surface area contributed by atoms with Crippen molar-refractivity contribution in [1.29, 1.82) is 0 Å². The first-order valence-corrected chi connectivity index (χ1v) is 6.38. The Hall–Kier alpha value is -1.86. The van der Waals surface area contributed by atoms with E-state index < -0.39 is 0 Å². The molecule has 0 saturated carbocycles. The molecule has 5 nitrogen and oxygen atoms in total. The normalized spacial score (nSPS) is 10.6. The van der Waals surface area contributed by atoms with Gasteiger partial charge in [-0.1, -0.05) is 11.8 Å². The minimum Gasteiger partial charge on any atom is -0.383 e. The van der Waals surface area contributed by atoms with E-state index in [0.29, 0.717) is 11.7 Å². The van der Waals surface area contributed by atoms with Gasteiger partial charge in [-0.3, -0.25) is 4.79 Å². The van der Waals surface area contributed by atoms with Crippen molar-refractivity contribution in [3.63, 3.8) is 0 Å². The molecule has 2 rings (SSSR count). The molecule has 7 heteroatoms. The Kier molecular flexibility index (Phi) is 4.18. The van der Waals surface area contributed by atoms with Crippen molar-refractivity contribution in [3.8, 4) is 0 Å². The van der Waals surface area contributed by atoms with Crippen LogP contribution in [0.5, 0.6) is 0 Å². The standard InChI is InChI=1S/C12H13FN4OS/c1-15-6-7-4-8(13)2-3-9(7)19-12-16-10(14)5-11(18)17-12/h2-5,15H,6H2,1H3,(H3,14,16,17,18). The second-order valence-electron chi connectivity index (χ2n) is 3.86. The number of rotatable bonds is 4. The molecule has 0 aliphatic carbocycles. The maximum atomic E-state index is 13.2. The predicted octanol–water partition coefficient (Wildman–Crippen LogP) is 1.36. The van der Waals surface area contributed by atoms with Gasteiger partial charge in [-0.25, -0.2) is 9.37 Å². The van der Waals surface area contributed by atoms with E-state index in [-0.39, 0.29) is 17.2 Å². The lowest BCUT2D eigenvalue weighted by Crippen LogP contribution is -2.10. The van der Waals surface area contributed by atoms with Crippen molar-refractivity contribution in [1.82, 2.24) is 15.3 Å². The van der Waals surface area contributed by atoms with Crippen molar-refractivity contribution < 1.29 is 4.39 Å². The van der Waals surface area contributed by atoms with Gasteiger partial charge in [-0.05, 0) is 30.8 Å². The SMILES string of the molecule is CNCc1cc(F)ccc1Sc1nc(N)cc(=O)[nH]1. The van der Waals surface area contributed by atoms with Gasteiger partial charge in [0.25, 0.3) is 5.56 Å². The average molecular weight is 280 g/mol. The molecule has 0 aliphatic heterocycles. The zero-order chi connectivity index (χ0) is 13.8. The molecule has 0 saturated heterocycles. The lowest BCUT2D eigenvalue weighted by atomic mass is 10.2. The number of benzene rings is 1. The number of aromatic nitrogens is 2. The Morgan fingerprint density at radius 2 is 2.26 bits per heavy atom. The zero-order valence-electron chi connectivity index (χ0n) is 10.2. The molecule has 1 aromatic carbocycles. The summed E-state index contributed by atoms with van der Waals surface area (Å²) in [6, 6.07) is 5.67. The number of anilines is 1. The number of aromatic amines is 1. The topological polar surface area (TPSA) is 83.8 Å². The number of nitrogen functional groups attached to an aromatic ring is 1. The minimum absolute atomic E-state index is 0.156. The molecule has 0 unspecified atom stereocenters. The van der Waals surface area contributed by atoms with Gasteiger partial charge in [0.2, 0.25) is 0 Å². The number of nitrogens with one attached hydrogen (secondary N) is 2. The van der Waals surface area contributed by atoms with Gasteiger partial charge in [0.1, 0.15) is 11.6 Å². The van der Waals surface area contributed by atoms with Crippen molar-refractivity contribution in [2.75, 3.05) is 12.8 Å². The van der Waals surface area contributed by atoms with Crippen LogP contribution in [0.2, 0.25) is 0 Å². The van der Waals surface area contributed by atoms with Crippen LogP contribution in [0.1, 0.15) is 5.56 Å². The van der Waals surface area contributed by atoms with Crippen LogP contribution in [-0.4, -0.2) is 17.0 Å². The Morgan fingerprint density at radius 1 is 1.47 bits per heavy atom. The number of nitrogens with zero attached hydrogens (tertiary/aromatic N) is 1. The Labute approximate surface area is 113 Å². The van der Waals surface area contributed by atoms with Gasteiger partial charge in [0.05, 0.1) is 0 Å². The summed E-state index contributed by atoms with van der Waals surface area (Å²) in [7, 11) is 1.78. The number of halogens is 1. The minimum atomic E-state index is -0.313. The van der Waals surface area contributed by atoms with Gasteiger partial charge in [0, 0.05) is 17.5 Å². The quantitative estimate of drug-likeness (QED) is 0.737. The first-order valence-electron chi connectivity index (χ1n) is 5.56. The molecule has 100 valence electrons. The molecule has 0 bridgehead atoms. The molecule has 0 fully saturated rings. The van der Waals surface area contributed by atoms with E-state index in [1.807, 2.05) is 0 Å². The van der Waals surface area contributed by atoms with Crippen LogP contribution < -0.4 is 16.6 Å². The molecule has 0 amide bonds. The monoisotopic (exact) mass is 280 g/mol. The fourth-order valence-electron chi connectivity index (χ4n) is 1.58. The van der Waals surface area contributed by atoms with Crippen LogP contribution >= 0.6 is 11.8 Å². The Morgan fingerprint density at radius 3 is 2.95 bits per heavy atom. The number of H-pyrrole nitrogens is 1. The maximum Gasteiger partial charge on any atom is 0.253 e. The predicted molar refractivity (Wildman–Crippen MR) is 72.6 cm³/mol. The van der Waals surface area contributed by atoms with Crippen LogP contribution in [0.15, 0.2) is 39.1 Å². The molecule has 2 aromatic rings. The Balaban J connectivity index is 2.34. The van der Waals surface area contributed by atoms with Gasteiger partial charge < -0.3 is 16.0 Å². The summed E-state index contributed by atoms with van der Waals surface area (Å²) in [6.45, 7) is 0.520. The third-order valence-electron chi connectivity index (χ3n) is 2.34. The van der Waals surface area contributed by atoms with Gasteiger partial charge in [0.15, 0.2) is 5.16 Å². The van der Waals surface area contributed by atoms with E-state index in [1.165, 1.54) is 30.0 Å². The van der Waals surface area contributed by atoms with E-state index in [9.17, 15) is 9.18 Å². The lowest BCUT2D eigenvalue weighted by molar-refractivity contribution is 0.621. The lowest BCUT2D eigenvalue weighted by Gasteiger charge is -2.08. The van der Waals surface area contributed by atoms with E-state index in [1.54, 1.807) is 13.1 Å². The van der Waals surface area contributed by atoms with Gasteiger partial charge >= 0.3 is 0 Å². The number of nitrogens with two attached hydrogens (primary N) is 1. The molecule has 1 heterocycles. The van der Waals surface area contributed by atoms with E-state index in [4.69, 9.17) is 5.73 Å². The summed E-state index contributed by atoms with van der Waals surface area (Å²) in [4.78, 5) is 18.7. The van der Waals surface area contributed by atoms with Gasteiger partial charge in [-0.2, -0.15) is 0 Å². The average Bonchev–Trinajstić information content (AvgIpc) is 2.32. The summed E-state index contributed by atoms with van der Waals surface area (Å²) >= 11 is 1.24. The highest BCUT2D eigenvalue weighted by atomic mass is 32.2. The summed E-state index contributed by atoms with van der Waals surface area (Å²) in [5.74, 6) is -0.146. The van der Waals surface area contributed by atoms with Crippen molar-refractivity contribution >= 4 is 17.6 Å². The first kappa shape index (κ1) is 13.6. The fourth-order valence-corrected chi connectivity index (χ4v) is 2.49. The molecule has 1 aromatic heterocycles. The number of hydrogen-bond donors (Lipinski definition) is 3. The molecule has 0 atom stereocenters. The number of hydrogen-bond acceptors (Lipinski definition) is 5. The highest BCUT2D eigenvalue weighted by Gasteiger charge is 2.08. The smallest absolute Gasteiger partial charge is 0.253 e. The second kappa shape index (κ2) is 5.85. The molecular weight excluding hydrogens is 267 g/mol. The van der Waals surface area contributed by atoms with Crippen molar-refractivity contribution in [3.05, 3.63) is 46.0 Å². The van der Waals surface area contributed by atoms with E-state index >= 15 is 0 Å². The first-order chi connectivity index (χ1) is 9.08. The zero-order valence-corrected chi connectivity index (χ0v) is 11.1. The third kappa shape index (κ3) is 3.55. The molecular formula is C12H13FN4OS. The van der Waals surface area contributed by atoms with Crippen molar-refractivity contribution in [2.45, 2.75) is 16.6 Å². The van der Waals surface area contributed by atoms with Crippen LogP contribution in [0, 0.1) is 5.82 Å². The molecule has 19 heavy (non-hydrogen) atoms. The Bertz CT molecular complexity index is 644. The summed E-state index contributed by atoms with van der Waals surface area (Å²) in [6.07, 6.45) is 0. The summed E-state index contributed by atoms with van der Waals surface area (Å²) in [5, 5.41) is 3.35. The second-order valence-corrected chi connectivity index (χ2v) is 4.89. The van der Waals surface area contributed by atoms with E-state index in [0.717, 1.165) is 10.5 Å². The molecule has 0 spiro atoms. The van der Waals surface area contributed by atoms with Crippen molar-refractivity contribution in [2.24, 2.45) is 0 Å². The van der Waals surface area contributed by atoms with Crippen LogP contribution in [0.3, 0.4) is 0 Å². The third-order valence-corrected chi connectivity index (χ3v) is 3.34.